The maximum Gasteiger partial charge on any atom is 0.130 e. The summed E-state index contributed by atoms with van der Waals surface area (Å²) in [6, 6.07) is 10.1. The summed E-state index contributed by atoms with van der Waals surface area (Å²) in [6.45, 7) is 1.90. The van der Waals surface area contributed by atoms with Crippen molar-refractivity contribution in [3.8, 4) is 11.3 Å². The largest absolute Gasteiger partial charge is 0.373 e. The van der Waals surface area contributed by atoms with E-state index in [0.717, 1.165) is 33.7 Å². The first-order valence-electron chi connectivity index (χ1n) is 6.14. The Labute approximate surface area is 111 Å². The highest BCUT2D eigenvalue weighted by Gasteiger charge is 2.07. The normalized spacial score (nSPS) is 10.6. The molecule has 0 saturated heterocycles. The van der Waals surface area contributed by atoms with E-state index in [2.05, 4.69) is 32.4 Å². The Morgan fingerprint density at radius 2 is 2.00 bits per heavy atom. The number of aromatic nitrogens is 3. The van der Waals surface area contributed by atoms with E-state index < -0.39 is 0 Å². The Morgan fingerprint density at radius 1 is 1.11 bits per heavy atom. The second kappa shape index (κ2) is 4.65. The number of pyridine rings is 1. The Kier molecular flexibility index (Phi) is 2.83. The van der Waals surface area contributed by atoms with Gasteiger partial charge in [0.05, 0.1) is 5.69 Å². The lowest BCUT2D eigenvalue weighted by Crippen LogP contribution is -1.98. The van der Waals surface area contributed by atoms with E-state index in [4.69, 9.17) is 0 Å². The maximum atomic E-state index is 4.52. The van der Waals surface area contributed by atoms with Crippen molar-refractivity contribution < 1.29 is 0 Å². The van der Waals surface area contributed by atoms with Crippen LogP contribution in [0.25, 0.3) is 22.0 Å². The van der Waals surface area contributed by atoms with Crippen LogP contribution >= 0.6 is 0 Å². The van der Waals surface area contributed by atoms with Crippen molar-refractivity contribution in [2.45, 2.75) is 6.92 Å². The molecule has 4 nitrogen and oxygen atoms in total. The van der Waals surface area contributed by atoms with Crippen molar-refractivity contribution in [3.05, 3.63) is 48.5 Å². The summed E-state index contributed by atoms with van der Waals surface area (Å²) in [6.07, 6.45) is 3.68. The van der Waals surface area contributed by atoms with Gasteiger partial charge >= 0.3 is 0 Å². The highest BCUT2D eigenvalue weighted by molar-refractivity contribution is 5.95. The van der Waals surface area contributed by atoms with Crippen LogP contribution in [-0.4, -0.2) is 22.0 Å². The standard InChI is InChI=1S/C15H14N4/c1-10-18-14(8-15(16-2)19-10)12-5-3-4-11-6-7-17-9-13(11)12/h3-9H,1-2H3,(H,16,18,19). The monoisotopic (exact) mass is 250 g/mol. The first kappa shape index (κ1) is 11.6. The zero-order chi connectivity index (χ0) is 13.2. The molecule has 1 N–H and O–H groups in total. The van der Waals surface area contributed by atoms with Crippen LogP contribution in [0.4, 0.5) is 5.82 Å². The molecule has 0 radical (unpaired) electrons. The van der Waals surface area contributed by atoms with Gasteiger partial charge in [-0.3, -0.25) is 4.98 Å². The predicted octanol–water partition coefficient (Wildman–Crippen LogP) is 3.04. The van der Waals surface area contributed by atoms with Gasteiger partial charge in [0.25, 0.3) is 0 Å². The van der Waals surface area contributed by atoms with Gasteiger partial charge in [-0.2, -0.15) is 0 Å². The first-order valence-corrected chi connectivity index (χ1v) is 6.14. The minimum atomic E-state index is 0.753. The van der Waals surface area contributed by atoms with Crippen LogP contribution < -0.4 is 5.32 Å². The van der Waals surface area contributed by atoms with Crippen LogP contribution in [0.15, 0.2) is 42.7 Å². The third-order valence-corrected chi connectivity index (χ3v) is 3.05. The lowest BCUT2D eigenvalue weighted by atomic mass is 10.0. The molecule has 19 heavy (non-hydrogen) atoms. The summed E-state index contributed by atoms with van der Waals surface area (Å²) in [5.74, 6) is 1.58. The van der Waals surface area contributed by atoms with E-state index in [1.807, 2.05) is 38.4 Å². The molecule has 0 aliphatic rings. The number of anilines is 1. The van der Waals surface area contributed by atoms with Crippen LogP contribution in [0.3, 0.4) is 0 Å². The Balaban J connectivity index is 2.27. The highest BCUT2D eigenvalue weighted by Crippen LogP contribution is 2.27. The van der Waals surface area contributed by atoms with Gasteiger partial charge in [-0.15, -0.1) is 0 Å². The number of rotatable bonds is 2. The molecule has 3 rings (SSSR count). The molecule has 0 bridgehead atoms. The summed E-state index contributed by atoms with van der Waals surface area (Å²) in [5.41, 5.74) is 1.99. The number of nitrogens with one attached hydrogen (secondary N) is 1. The van der Waals surface area contributed by atoms with E-state index in [1.165, 1.54) is 0 Å². The third-order valence-electron chi connectivity index (χ3n) is 3.05. The number of nitrogens with zero attached hydrogens (tertiary/aromatic N) is 3. The van der Waals surface area contributed by atoms with Crippen molar-refractivity contribution in [2.24, 2.45) is 0 Å². The van der Waals surface area contributed by atoms with Crippen molar-refractivity contribution in [3.63, 3.8) is 0 Å². The van der Waals surface area contributed by atoms with Gasteiger partial charge in [-0.05, 0) is 18.4 Å². The van der Waals surface area contributed by atoms with Crippen LogP contribution in [0.1, 0.15) is 5.82 Å². The van der Waals surface area contributed by atoms with Crippen molar-refractivity contribution in [1.29, 1.82) is 0 Å². The second-order valence-electron chi connectivity index (χ2n) is 4.34. The topological polar surface area (TPSA) is 50.7 Å². The van der Waals surface area contributed by atoms with E-state index >= 15 is 0 Å². The number of aryl methyl sites for hydroxylation is 1. The van der Waals surface area contributed by atoms with Crippen molar-refractivity contribution in [1.82, 2.24) is 15.0 Å². The van der Waals surface area contributed by atoms with E-state index in [0.29, 0.717) is 0 Å². The second-order valence-corrected chi connectivity index (χ2v) is 4.34. The van der Waals surface area contributed by atoms with Gasteiger partial charge in [-0.1, -0.05) is 18.2 Å². The Bertz CT molecular complexity index is 732. The summed E-state index contributed by atoms with van der Waals surface area (Å²) < 4.78 is 0. The van der Waals surface area contributed by atoms with Gasteiger partial charge in [-0.25, -0.2) is 9.97 Å². The average Bonchev–Trinajstić information content (AvgIpc) is 2.46. The smallest absolute Gasteiger partial charge is 0.130 e. The molecule has 0 spiro atoms. The van der Waals surface area contributed by atoms with Crippen LogP contribution in [0.5, 0.6) is 0 Å². The number of hydrogen-bond acceptors (Lipinski definition) is 4. The Hall–Kier alpha value is -2.49. The summed E-state index contributed by atoms with van der Waals surface area (Å²) in [5, 5.41) is 5.32. The minimum Gasteiger partial charge on any atom is -0.373 e. The summed E-state index contributed by atoms with van der Waals surface area (Å²) in [7, 11) is 1.86. The van der Waals surface area contributed by atoms with Crippen molar-refractivity contribution >= 4 is 16.6 Å². The number of hydrogen-bond donors (Lipinski definition) is 1. The molecule has 0 atom stereocenters. The maximum absolute atomic E-state index is 4.52. The van der Waals surface area contributed by atoms with Gasteiger partial charge in [0.2, 0.25) is 0 Å². The lowest BCUT2D eigenvalue weighted by Gasteiger charge is -2.08. The molecule has 1 aromatic carbocycles. The molecular weight excluding hydrogens is 236 g/mol. The molecule has 0 aliphatic carbocycles. The lowest BCUT2D eigenvalue weighted by molar-refractivity contribution is 1.06. The zero-order valence-electron chi connectivity index (χ0n) is 10.9. The number of benzene rings is 1. The highest BCUT2D eigenvalue weighted by atomic mass is 15.0. The summed E-state index contributed by atoms with van der Waals surface area (Å²) >= 11 is 0. The van der Waals surface area contributed by atoms with Crippen LogP contribution in [0.2, 0.25) is 0 Å². The fourth-order valence-corrected chi connectivity index (χ4v) is 2.17. The fraction of sp³-hybridized carbons (Fsp3) is 0.133. The molecule has 94 valence electrons. The molecule has 0 amide bonds. The van der Waals surface area contributed by atoms with Gasteiger partial charge < -0.3 is 5.32 Å². The SMILES string of the molecule is CNc1cc(-c2cccc3ccncc23)nc(C)n1. The van der Waals surface area contributed by atoms with E-state index in [-0.39, 0.29) is 0 Å². The molecule has 0 saturated carbocycles. The van der Waals surface area contributed by atoms with Crippen LogP contribution in [-0.2, 0) is 0 Å². The predicted molar refractivity (Wildman–Crippen MR) is 77.1 cm³/mol. The molecule has 4 heteroatoms. The molecule has 0 unspecified atom stereocenters. The van der Waals surface area contributed by atoms with Crippen molar-refractivity contribution in [2.75, 3.05) is 12.4 Å². The Morgan fingerprint density at radius 3 is 2.84 bits per heavy atom. The average molecular weight is 250 g/mol. The molecule has 3 aromatic rings. The molecular formula is C15H14N4. The molecule has 0 fully saturated rings. The zero-order valence-corrected chi connectivity index (χ0v) is 10.9. The molecule has 2 heterocycles. The number of fused-ring (bicyclic) bond motifs is 1. The quantitative estimate of drug-likeness (QED) is 0.759. The van der Waals surface area contributed by atoms with Gasteiger partial charge in [0, 0.05) is 36.5 Å². The molecule has 0 aliphatic heterocycles. The van der Waals surface area contributed by atoms with E-state index in [1.54, 1.807) is 6.20 Å². The van der Waals surface area contributed by atoms with Gasteiger partial charge in [0.15, 0.2) is 0 Å². The summed E-state index contributed by atoms with van der Waals surface area (Å²) in [4.78, 5) is 13.0. The molecule has 2 aromatic heterocycles. The first-order chi connectivity index (χ1) is 9.28. The third kappa shape index (κ3) is 2.12. The van der Waals surface area contributed by atoms with E-state index in [9.17, 15) is 0 Å². The van der Waals surface area contributed by atoms with Crippen LogP contribution in [0, 0.1) is 6.92 Å². The minimum absolute atomic E-state index is 0.753. The fourth-order valence-electron chi connectivity index (χ4n) is 2.17. The van der Waals surface area contributed by atoms with Gasteiger partial charge in [0.1, 0.15) is 11.6 Å².